The van der Waals surface area contributed by atoms with Gasteiger partial charge in [0.2, 0.25) is 8.32 Å². The molecule has 0 saturated carbocycles. The quantitative estimate of drug-likeness (QED) is 0.466. The Kier molecular flexibility index (Phi) is 6.48. The molecule has 0 aliphatic carbocycles. The monoisotopic (exact) mass is 372 g/mol. The van der Waals surface area contributed by atoms with Crippen molar-refractivity contribution in [2.24, 2.45) is 0 Å². The summed E-state index contributed by atoms with van der Waals surface area (Å²) in [5.41, 5.74) is 1.82. The summed E-state index contributed by atoms with van der Waals surface area (Å²) in [6.07, 6.45) is -0.671. The Morgan fingerprint density at radius 2 is 1.35 bits per heavy atom. The standard InChI is InChI=1S/C21H28O4Si/c1-21(2,3)26(4,5)25-19-13-11-18(12-14-19)16-24-20(22)23-15-17-9-7-6-8-10-17/h6-14H,15-16H2,1-5H3. The lowest BCUT2D eigenvalue weighted by Gasteiger charge is -2.36. The predicted molar refractivity (Wildman–Crippen MR) is 106 cm³/mol. The van der Waals surface area contributed by atoms with Gasteiger partial charge in [0.05, 0.1) is 0 Å². The van der Waals surface area contributed by atoms with E-state index in [-0.39, 0.29) is 18.3 Å². The third-order valence-electron chi connectivity index (χ3n) is 4.66. The lowest BCUT2D eigenvalue weighted by molar-refractivity contribution is 0.0446. The topological polar surface area (TPSA) is 44.8 Å². The summed E-state index contributed by atoms with van der Waals surface area (Å²) in [6, 6.07) is 17.2. The molecule has 0 N–H and O–H groups in total. The third kappa shape index (κ3) is 5.91. The Balaban J connectivity index is 1.81. The highest BCUT2D eigenvalue weighted by Gasteiger charge is 2.38. The number of carbonyl (C=O) groups is 1. The highest BCUT2D eigenvalue weighted by atomic mass is 28.4. The van der Waals surface area contributed by atoms with Crippen molar-refractivity contribution < 1.29 is 18.7 Å². The number of ether oxygens (including phenoxy) is 2. The lowest BCUT2D eigenvalue weighted by Crippen LogP contribution is -2.43. The maximum atomic E-state index is 11.7. The van der Waals surface area contributed by atoms with E-state index in [4.69, 9.17) is 13.9 Å². The molecule has 0 heterocycles. The van der Waals surface area contributed by atoms with Crippen LogP contribution in [0.2, 0.25) is 18.1 Å². The van der Waals surface area contributed by atoms with Gasteiger partial charge in [0.15, 0.2) is 0 Å². The van der Waals surface area contributed by atoms with E-state index in [2.05, 4.69) is 33.9 Å². The second-order valence-electron chi connectivity index (χ2n) is 7.82. The molecule has 0 bridgehead atoms. The minimum Gasteiger partial charge on any atom is -0.544 e. The van der Waals surface area contributed by atoms with Crippen molar-refractivity contribution in [1.29, 1.82) is 0 Å². The number of carbonyl (C=O) groups excluding carboxylic acids is 1. The van der Waals surface area contributed by atoms with E-state index >= 15 is 0 Å². The average molecular weight is 373 g/mol. The fourth-order valence-electron chi connectivity index (χ4n) is 2.00. The van der Waals surface area contributed by atoms with Crippen LogP contribution < -0.4 is 4.43 Å². The van der Waals surface area contributed by atoms with E-state index in [1.165, 1.54) is 0 Å². The summed E-state index contributed by atoms with van der Waals surface area (Å²) in [4.78, 5) is 11.7. The molecule has 0 amide bonds. The van der Waals surface area contributed by atoms with E-state index < -0.39 is 14.5 Å². The van der Waals surface area contributed by atoms with Crippen LogP contribution in [0.1, 0.15) is 31.9 Å². The molecule has 26 heavy (non-hydrogen) atoms. The van der Waals surface area contributed by atoms with E-state index in [1.807, 2.05) is 54.6 Å². The van der Waals surface area contributed by atoms with Gasteiger partial charge in [-0.05, 0) is 41.4 Å². The molecule has 2 rings (SSSR count). The maximum Gasteiger partial charge on any atom is 0.508 e. The maximum absolute atomic E-state index is 11.7. The van der Waals surface area contributed by atoms with Gasteiger partial charge in [-0.1, -0.05) is 63.2 Å². The van der Waals surface area contributed by atoms with Crippen LogP contribution in [-0.4, -0.2) is 14.5 Å². The molecule has 0 unspecified atom stereocenters. The Bertz CT molecular complexity index is 703. The first-order valence-corrected chi connectivity index (χ1v) is 11.7. The average Bonchev–Trinajstić information content (AvgIpc) is 2.59. The second-order valence-corrected chi connectivity index (χ2v) is 12.5. The van der Waals surface area contributed by atoms with Crippen molar-refractivity contribution >= 4 is 14.5 Å². The van der Waals surface area contributed by atoms with Gasteiger partial charge in [0.25, 0.3) is 0 Å². The third-order valence-corrected chi connectivity index (χ3v) is 9.02. The highest BCUT2D eigenvalue weighted by Crippen LogP contribution is 2.37. The van der Waals surface area contributed by atoms with Gasteiger partial charge in [-0.25, -0.2) is 4.79 Å². The Hall–Kier alpha value is -2.27. The summed E-state index contributed by atoms with van der Waals surface area (Å²) >= 11 is 0. The zero-order valence-corrected chi connectivity index (χ0v) is 17.2. The van der Waals surface area contributed by atoms with Crippen LogP contribution in [0.25, 0.3) is 0 Å². The van der Waals surface area contributed by atoms with E-state index in [0.29, 0.717) is 0 Å². The van der Waals surface area contributed by atoms with Gasteiger partial charge >= 0.3 is 6.16 Å². The minimum absolute atomic E-state index is 0.150. The number of hydrogen-bond acceptors (Lipinski definition) is 4. The molecular weight excluding hydrogens is 344 g/mol. The molecule has 0 saturated heterocycles. The summed E-state index contributed by atoms with van der Waals surface area (Å²) in [6.45, 7) is 11.4. The zero-order chi connectivity index (χ0) is 19.2. The van der Waals surface area contributed by atoms with Crippen LogP contribution in [0.15, 0.2) is 54.6 Å². The van der Waals surface area contributed by atoms with Crippen molar-refractivity contribution in [2.45, 2.75) is 52.1 Å². The molecule has 0 atom stereocenters. The normalized spacial score (nSPS) is 11.7. The summed E-state index contributed by atoms with van der Waals surface area (Å²) in [5, 5.41) is 0.150. The van der Waals surface area contributed by atoms with Crippen LogP contribution in [0.3, 0.4) is 0 Å². The lowest BCUT2D eigenvalue weighted by atomic mass is 10.2. The van der Waals surface area contributed by atoms with E-state index in [0.717, 1.165) is 16.9 Å². The van der Waals surface area contributed by atoms with Crippen molar-refractivity contribution in [1.82, 2.24) is 0 Å². The first-order chi connectivity index (χ1) is 12.2. The smallest absolute Gasteiger partial charge is 0.508 e. The zero-order valence-electron chi connectivity index (χ0n) is 16.2. The molecule has 140 valence electrons. The summed E-state index contributed by atoms with van der Waals surface area (Å²) in [5.74, 6) is 0.854. The molecule has 0 radical (unpaired) electrons. The van der Waals surface area contributed by atoms with Crippen molar-refractivity contribution in [3.05, 3.63) is 65.7 Å². The largest absolute Gasteiger partial charge is 0.544 e. The van der Waals surface area contributed by atoms with Gasteiger partial charge in [0.1, 0.15) is 19.0 Å². The van der Waals surface area contributed by atoms with Crippen molar-refractivity contribution in [3.63, 3.8) is 0 Å². The van der Waals surface area contributed by atoms with Crippen LogP contribution in [0, 0.1) is 0 Å². The molecule has 4 nitrogen and oxygen atoms in total. The van der Waals surface area contributed by atoms with Crippen LogP contribution in [0.4, 0.5) is 4.79 Å². The summed E-state index contributed by atoms with van der Waals surface area (Å²) in [7, 11) is -1.85. The SMILES string of the molecule is CC(C)(C)[Si](C)(C)Oc1ccc(COC(=O)OCc2ccccc2)cc1. The number of rotatable bonds is 6. The predicted octanol–water partition coefficient (Wildman–Crippen LogP) is 5.92. The molecule has 2 aromatic rings. The number of benzene rings is 2. The van der Waals surface area contributed by atoms with Crippen molar-refractivity contribution in [2.75, 3.05) is 0 Å². The fourth-order valence-corrected chi connectivity index (χ4v) is 3.03. The minimum atomic E-state index is -1.85. The van der Waals surface area contributed by atoms with Crippen molar-refractivity contribution in [3.8, 4) is 5.75 Å². The molecule has 5 heteroatoms. The Morgan fingerprint density at radius 3 is 1.85 bits per heavy atom. The van der Waals surface area contributed by atoms with Gasteiger partial charge in [0, 0.05) is 0 Å². The molecular formula is C21H28O4Si. The first-order valence-electron chi connectivity index (χ1n) is 8.79. The van der Waals surface area contributed by atoms with Crippen LogP contribution in [0.5, 0.6) is 5.75 Å². The highest BCUT2D eigenvalue weighted by molar-refractivity contribution is 6.74. The molecule has 0 aromatic heterocycles. The second kappa shape index (κ2) is 8.41. The number of hydrogen-bond donors (Lipinski definition) is 0. The fraction of sp³-hybridized carbons (Fsp3) is 0.381. The van der Waals surface area contributed by atoms with Crippen LogP contribution in [-0.2, 0) is 22.7 Å². The summed E-state index contributed by atoms with van der Waals surface area (Å²) < 4.78 is 16.5. The van der Waals surface area contributed by atoms with Gasteiger partial charge < -0.3 is 13.9 Å². The Morgan fingerprint density at radius 1 is 0.846 bits per heavy atom. The Labute approximate surface area is 157 Å². The molecule has 0 spiro atoms. The molecule has 0 aliphatic heterocycles. The van der Waals surface area contributed by atoms with Crippen LogP contribution >= 0.6 is 0 Å². The van der Waals surface area contributed by atoms with E-state index in [1.54, 1.807) is 0 Å². The molecule has 0 fully saturated rings. The molecule has 2 aromatic carbocycles. The van der Waals surface area contributed by atoms with Gasteiger partial charge in [-0.15, -0.1) is 0 Å². The van der Waals surface area contributed by atoms with Gasteiger partial charge in [-0.3, -0.25) is 0 Å². The van der Waals surface area contributed by atoms with Gasteiger partial charge in [-0.2, -0.15) is 0 Å². The first kappa shape index (κ1) is 20.0. The molecule has 0 aliphatic rings. The van der Waals surface area contributed by atoms with E-state index in [9.17, 15) is 4.79 Å².